The van der Waals surface area contributed by atoms with Crippen LogP contribution in [0.4, 0.5) is 11.4 Å². The lowest BCUT2D eigenvalue weighted by Crippen LogP contribution is -2.26. The summed E-state index contributed by atoms with van der Waals surface area (Å²) < 4.78 is 5.37. The first-order valence-corrected chi connectivity index (χ1v) is 5.64. The van der Waals surface area contributed by atoms with E-state index in [0.717, 1.165) is 31.8 Å². The molecule has 0 bridgehead atoms. The first-order chi connectivity index (χ1) is 8.18. The van der Waals surface area contributed by atoms with Crippen LogP contribution in [0.1, 0.15) is 16.8 Å². The van der Waals surface area contributed by atoms with Gasteiger partial charge in [-0.3, -0.25) is 0 Å². The second-order valence-electron chi connectivity index (χ2n) is 4.03. The van der Waals surface area contributed by atoms with Gasteiger partial charge in [-0.15, -0.1) is 0 Å². The van der Waals surface area contributed by atoms with Crippen molar-refractivity contribution in [1.82, 2.24) is 0 Å². The maximum Gasteiger partial charge on any atom is 0.335 e. The molecule has 0 unspecified atom stereocenters. The third-order valence-corrected chi connectivity index (χ3v) is 2.84. The van der Waals surface area contributed by atoms with E-state index < -0.39 is 5.97 Å². The van der Waals surface area contributed by atoms with Crippen LogP contribution in [0, 0.1) is 0 Å². The lowest BCUT2D eigenvalue weighted by molar-refractivity contribution is 0.0697. The Kier molecular flexibility index (Phi) is 3.49. The SMILES string of the molecule is Nc1cc(C(=O)O)ccc1N1CCCOCC1. The Bertz CT molecular complexity index is 412. The third kappa shape index (κ3) is 2.68. The van der Waals surface area contributed by atoms with Gasteiger partial charge in [-0.1, -0.05) is 0 Å². The molecule has 5 heteroatoms. The van der Waals surface area contributed by atoms with Gasteiger partial charge < -0.3 is 20.5 Å². The number of carbonyl (C=O) groups is 1. The monoisotopic (exact) mass is 236 g/mol. The number of hydrogen-bond acceptors (Lipinski definition) is 4. The van der Waals surface area contributed by atoms with Crippen molar-refractivity contribution in [1.29, 1.82) is 0 Å². The molecule has 1 aromatic rings. The molecule has 1 saturated heterocycles. The minimum absolute atomic E-state index is 0.220. The topological polar surface area (TPSA) is 75.8 Å². The Balaban J connectivity index is 2.22. The summed E-state index contributed by atoms with van der Waals surface area (Å²) in [6.45, 7) is 3.12. The van der Waals surface area contributed by atoms with Gasteiger partial charge in [0.05, 0.1) is 23.5 Å². The third-order valence-electron chi connectivity index (χ3n) is 2.84. The molecule has 1 aliphatic heterocycles. The maximum absolute atomic E-state index is 10.8. The molecule has 1 aliphatic rings. The molecule has 0 atom stereocenters. The molecule has 0 amide bonds. The fourth-order valence-corrected chi connectivity index (χ4v) is 1.96. The molecule has 0 saturated carbocycles. The van der Waals surface area contributed by atoms with Crippen molar-refractivity contribution in [2.75, 3.05) is 36.9 Å². The van der Waals surface area contributed by atoms with Crippen LogP contribution in [-0.4, -0.2) is 37.4 Å². The first kappa shape index (κ1) is 11.7. The molecule has 1 aromatic carbocycles. The van der Waals surface area contributed by atoms with Crippen molar-refractivity contribution in [2.45, 2.75) is 6.42 Å². The van der Waals surface area contributed by atoms with Gasteiger partial charge >= 0.3 is 5.97 Å². The van der Waals surface area contributed by atoms with Crippen LogP contribution in [0.2, 0.25) is 0 Å². The van der Waals surface area contributed by atoms with Crippen LogP contribution < -0.4 is 10.6 Å². The lowest BCUT2D eigenvalue weighted by atomic mass is 10.1. The molecular weight excluding hydrogens is 220 g/mol. The predicted molar refractivity (Wildman–Crippen MR) is 65.5 cm³/mol. The summed E-state index contributed by atoms with van der Waals surface area (Å²) in [5.41, 5.74) is 7.51. The van der Waals surface area contributed by atoms with Crippen LogP contribution in [0.25, 0.3) is 0 Å². The number of anilines is 2. The number of carboxylic acid groups (broad SMARTS) is 1. The molecule has 0 spiro atoms. The molecule has 92 valence electrons. The second-order valence-corrected chi connectivity index (χ2v) is 4.03. The standard InChI is InChI=1S/C12H16N2O3/c13-10-8-9(12(15)16)2-3-11(10)14-4-1-6-17-7-5-14/h2-3,8H,1,4-7,13H2,(H,15,16). The minimum Gasteiger partial charge on any atom is -0.478 e. The number of benzene rings is 1. The van der Waals surface area contributed by atoms with Crippen LogP contribution in [0.5, 0.6) is 0 Å². The molecule has 17 heavy (non-hydrogen) atoms. The summed E-state index contributed by atoms with van der Waals surface area (Å²) in [5.74, 6) is -0.956. The van der Waals surface area contributed by atoms with Crippen LogP contribution in [0.3, 0.4) is 0 Å². The number of ether oxygens (including phenoxy) is 1. The van der Waals surface area contributed by atoms with Crippen molar-refractivity contribution < 1.29 is 14.6 Å². The van der Waals surface area contributed by atoms with Gasteiger partial charge in [-0.05, 0) is 24.6 Å². The summed E-state index contributed by atoms with van der Waals surface area (Å²) in [6.07, 6.45) is 0.958. The largest absolute Gasteiger partial charge is 0.478 e. The van der Waals surface area contributed by atoms with E-state index in [1.54, 1.807) is 12.1 Å². The van der Waals surface area contributed by atoms with E-state index in [9.17, 15) is 4.79 Å². The van der Waals surface area contributed by atoms with Crippen molar-refractivity contribution >= 4 is 17.3 Å². The number of hydrogen-bond donors (Lipinski definition) is 2. The van der Waals surface area contributed by atoms with Crippen molar-refractivity contribution in [3.8, 4) is 0 Å². The molecule has 1 fully saturated rings. The summed E-state index contributed by atoms with van der Waals surface area (Å²) >= 11 is 0. The quantitative estimate of drug-likeness (QED) is 0.754. The van der Waals surface area contributed by atoms with E-state index in [2.05, 4.69) is 4.90 Å². The van der Waals surface area contributed by atoms with Crippen molar-refractivity contribution in [3.63, 3.8) is 0 Å². The van der Waals surface area contributed by atoms with Crippen molar-refractivity contribution in [3.05, 3.63) is 23.8 Å². The Morgan fingerprint density at radius 2 is 2.18 bits per heavy atom. The van der Waals surface area contributed by atoms with Crippen LogP contribution in [0.15, 0.2) is 18.2 Å². The van der Waals surface area contributed by atoms with E-state index in [1.165, 1.54) is 6.07 Å². The fourth-order valence-electron chi connectivity index (χ4n) is 1.96. The molecular formula is C12H16N2O3. The first-order valence-electron chi connectivity index (χ1n) is 5.64. The van der Waals surface area contributed by atoms with E-state index in [1.807, 2.05) is 0 Å². The minimum atomic E-state index is -0.956. The zero-order chi connectivity index (χ0) is 12.3. The molecule has 0 aliphatic carbocycles. The van der Waals surface area contributed by atoms with Crippen LogP contribution in [-0.2, 0) is 4.74 Å². The molecule has 3 N–H and O–H groups in total. The van der Waals surface area contributed by atoms with Gasteiger partial charge in [0.25, 0.3) is 0 Å². The number of nitrogens with two attached hydrogens (primary N) is 1. The number of nitrogens with zero attached hydrogens (tertiary/aromatic N) is 1. The second kappa shape index (κ2) is 5.05. The zero-order valence-corrected chi connectivity index (χ0v) is 9.56. The highest BCUT2D eigenvalue weighted by Gasteiger charge is 2.14. The van der Waals surface area contributed by atoms with Gasteiger partial charge in [0.2, 0.25) is 0 Å². The number of aromatic carboxylic acids is 1. The average Bonchev–Trinajstić information content (AvgIpc) is 2.57. The van der Waals surface area contributed by atoms with E-state index in [0.29, 0.717) is 12.3 Å². The summed E-state index contributed by atoms with van der Waals surface area (Å²) in [5, 5.41) is 8.87. The van der Waals surface area contributed by atoms with E-state index in [4.69, 9.17) is 15.6 Å². The summed E-state index contributed by atoms with van der Waals surface area (Å²) in [7, 11) is 0. The van der Waals surface area contributed by atoms with Gasteiger partial charge in [-0.2, -0.15) is 0 Å². The molecule has 0 radical (unpaired) electrons. The smallest absolute Gasteiger partial charge is 0.335 e. The Hall–Kier alpha value is -1.75. The van der Waals surface area contributed by atoms with Gasteiger partial charge in [-0.25, -0.2) is 4.79 Å². The Morgan fingerprint density at radius 3 is 2.88 bits per heavy atom. The summed E-state index contributed by atoms with van der Waals surface area (Å²) in [6, 6.07) is 4.85. The fraction of sp³-hybridized carbons (Fsp3) is 0.417. The average molecular weight is 236 g/mol. The number of nitrogen functional groups attached to an aromatic ring is 1. The van der Waals surface area contributed by atoms with Gasteiger partial charge in [0.15, 0.2) is 0 Å². The highest BCUT2D eigenvalue weighted by atomic mass is 16.5. The van der Waals surface area contributed by atoms with Crippen LogP contribution >= 0.6 is 0 Å². The normalized spacial score (nSPS) is 16.6. The lowest BCUT2D eigenvalue weighted by Gasteiger charge is -2.23. The number of rotatable bonds is 2. The highest BCUT2D eigenvalue weighted by Crippen LogP contribution is 2.25. The molecule has 5 nitrogen and oxygen atoms in total. The zero-order valence-electron chi connectivity index (χ0n) is 9.56. The maximum atomic E-state index is 10.8. The van der Waals surface area contributed by atoms with Gasteiger partial charge in [0.1, 0.15) is 0 Å². The predicted octanol–water partition coefficient (Wildman–Crippen LogP) is 1.19. The highest BCUT2D eigenvalue weighted by molar-refractivity contribution is 5.90. The number of carboxylic acids is 1. The van der Waals surface area contributed by atoms with Crippen molar-refractivity contribution in [2.24, 2.45) is 0 Å². The molecule has 1 heterocycles. The van der Waals surface area contributed by atoms with E-state index >= 15 is 0 Å². The van der Waals surface area contributed by atoms with Gasteiger partial charge in [0, 0.05) is 19.7 Å². The Labute approximate surface area is 99.8 Å². The Morgan fingerprint density at radius 1 is 1.35 bits per heavy atom. The molecule has 0 aromatic heterocycles. The summed E-state index contributed by atoms with van der Waals surface area (Å²) in [4.78, 5) is 12.9. The molecule has 2 rings (SSSR count). The van der Waals surface area contributed by atoms with E-state index in [-0.39, 0.29) is 5.56 Å².